The lowest BCUT2D eigenvalue weighted by Gasteiger charge is -2.16. The molecule has 1 fully saturated rings. The zero-order valence-electron chi connectivity index (χ0n) is 11.7. The van der Waals surface area contributed by atoms with Gasteiger partial charge in [-0.2, -0.15) is 0 Å². The van der Waals surface area contributed by atoms with E-state index in [1.165, 1.54) is 16.9 Å². The molecule has 108 valence electrons. The Bertz CT molecular complexity index is 572. The highest BCUT2D eigenvalue weighted by molar-refractivity contribution is 8.18. The van der Waals surface area contributed by atoms with Crippen LogP contribution in [0.15, 0.2) is 70.5 Å². The van der Waals surface area contributed by atoms with Crippen LogP contribution in [0.3, 0.4) is 0 Å². The van der Waals surface area contributed by atoms with Crippen LogP contribution in [-0.4, -0.2) is 17.2 Å². The van der Waals surface area contributed by atoms with E-state index in [-0.39, 0.29) is 16.0 Å². The monoisotopic (exact) mass is 316 g/mol. The van der Waals surface area contributed by atoms with Crippen molar-refractivity contribution in [2.75, 3.05) is 7.11 Å². The summed E-state index contributed by atoms with van der Waals surface area (Å²) in [5.41, 5.74) is 0. The molecule has 0 aliphatic heterocycles. The second kappa shape index (κ2) is 6.16. The second-order valence-corrected chi connectivity index (χ2v) is 7.99. The Morgan fingerprint density at radius 1 is 1.00 bits per heavy atom. The predicted molar refractivity (Wildman–Crippen MR) is 87.5 cm³/mol. The van der Waals surface area contributed by atoms with Crippen molar-refractivity contribution in [3.63, 3.8) is 0 Å². The van der Waals surface area contributed by atoms with Crippen LogP contribution in [0.1, 0.15) is 6.42 Å². The van der Waals surface area contributed by atoms with Crippen molar-refractivity contribution in [3.8, 4) is 0 Å². The minimum atomic E-state index is -0.143. The molecular formula is C17H16O2S2. The summed E-state index contributed by atoms with van der Waals surface area (Å²) in [6.07, 6.45) is 0.846. The van der Waals surface area contributed by atoms with Crippen molar-refractivity contribution in [3.05, 3.63) is 60.7 Å². The second-order valence-electron chi connectivity index (χ2n) is 4.92. The van der Waals surface area contributed by atoms with Crippen LogP contribution in [0.2, 0.25) is 0 Å². The lowest BCUT2D eigenvalue weighted by molar-refractivity contribution is -0.142. The van der Waals surface area contributed by atoms with Gasteiger partial charge in [-0.25, -0.2) is 0 Å². The van der Waals surface area contributed by atoms with Gasteiger partial charge in [0.15, 0.2) is 0 Å². The lowest BCUT2D eigenvalue weighted by Crippen LogP contribution is -2.11. The molecule has 3 rings (SSSR count). The molecule has 21 heavy (non-hydrogen) atoms. The highest BCUT2D eigenvalue weighted by Gasteiger charge is 2.60. The van der Waals surface area contributed by atoms with Crippen molar-refractivity contribution in [1.29, 1.82) is 0 Å². The molecule has 0 heterocycles. The number of thioether (sulfide) groups is 2. The summed E-state index contributed by atoms with van der Waals surface area (Å²) >= 11 is 3.53. The van der Waals surface area contributed by atoms with Crippen molar-refractivity contribution in [1.82, 2.24) is 0 Å². The van der Waals surface area contributed by atoms with Gasteiger partial charge in [-0.1, -0.05) is 36.4 Å². The Morgan fingerprint density at radius 2 is 1.48 bits per heavy atom. The molecule has 1 aliphatic carbocycles. The number of rotatable bonds is 5. The van der Waals surface area contributed by atoms with Gasteiger partial charge in [0.2, 0.25) is 0 Å². The molecule has 0 N–H and O–H groups in total. The summed E-state index contributed by atoms with van der Waals surface area (Å²) in [4.78, 5) is 14.3. The third-order valence-corrected chi connectivity index (χ3v) is 6.52. The van der Waals surface area contributed by atoms with Gasteiger partial charge in [0.25, 0.3) is 0 Å². The molecule has 1 atom stereocenters. The van der Waals surface area contributed by atoms with E-state index >= 15 is 0 Å². The number of methoxy groups -OCH3 is 1. The van der Waals surface area contributed by atoms with Crippen molar-refractivity contribution in [2.45, 2.75) is 20.3 Å². The summed E-state index contributed by atoms with van der Waals surface area (Å²) < 4.78 is 4.80. The number of ether oxygens (including phenoxy) is 1. The van der Waals surface area contributed by atoms with E-state index in [0.717, 1.165) is 6.42 Å². The Morgan fingerprint density at radius 3 is 1.90 bits per heavy atom. The van der Waals surface area contributed by atoms with E-state index in [2.05, 4.69) is 24.3 Å². The first-order valence-corrected chi connectivity index (χ1v) is 8.43. The zero-order chi connectivity index (χ0) is 14.7. The quantitative estimate of drug-likeness (QED) is 0.601. The fourth-order valence-corrected chi connectivity index (χ4v) is 5.36. The predicted octanol–water partition coefficient (Wildman–Crippen LogP) is 4.46. The van der Waals surface area contributed by atoms with Crippen molar-refractivity contribution < 1.29 is 9.53 Å². The van der Waals surface area contributed by atoms with Gasteiger partial charge in [0.05, 0.1) is 17.1 Å². The molecule has 0 aromatic heterocycles. The van der Waals surface area contributed by atoms with E-state index in [0.29, 0.717) is 0 Å². The summed E-state index contributed by atoms with van der Waals surface area (Å²) in [6.45, 7) is 0. The van der Waals surface area contributed by atoms with E-state index < -0.39 is 0 Å². The Hall–Kier alpha value is -1.39. The minimum absolute atomic E-state index is 0.0436. The third-order valence-electron chi connectivity index (χ3n) is 3.41. The maximum atomic E-state index is 11.9. The van der Waals surface area contributed by atoms with Crippen LogP contribution >= 0.6 is 23.5 Å². The summed E-state index contributed by atoms with van der Waals surface area (Å²) in [5.74, 6) is -0.153. The van der Waals surface area contributed by atoms with Gasteiger partial charge in [0.1, 0.15) is 0 Å². The minimum Gasteiger partial charge on any atom is -0.469 e. The van der Waals surface area contributed by atoms with Gasteiger partial charge in [-0.3, -0.25) is 4.79 Å². The number of hydrogen-bond acceptors (Lipinski definition) is 4. The largest absolute Gasteiger partial charge is 0.469 e. The molecule has 0 radical (unpaired) electrons. The van der Waals surface area contributed by atoms with E-state index in [9.17, 15) is 4.79 Å². The molecular weight excluding hydrogens is 300 g/mol. The fourth-order valence-electron chi connectivity index (χ4n) is 2.25. The summed E-state index contributed by atoms with van der Waals surface area (Å²) in [5, 5.41) is 0. The first-order chi connectivity index (χ1) is 10.2. The van der Waals surface area contributed by atoms with Crippen LogP contribution in [-0.2, 0) is 9.53 Å². The molecule has 1 aliphatic rings. The Labute approximate surface area is 133 Å². The molecule has 0 unspecified atom stereocenters. The van der Waals surface area contributed by atoms with Crippen LogP contribution < -0.4 is 0 Å². The Kier molecular flexibility index (Phi) is 4.27. The normalized spacial score (nSPS) is 19.0. The summed E-state index contributed by atoms with van der Waals surface area (Å²) in [7, 11) is 1.46. The maximum absolute atomic E-state index is 11.9. The van der Waals surface area contributed by atoms with Gasteiger partial charge in [0, 0.05) is 9.79 Å². The first kappa shape index (κ1) is 14.5. The molecule has 2 aromatic rings. The molecule has 0 bridgehead atoms. The van der Waals surface area contributed by atoms with Gasteiger partial charge in [-0.05, 0) is 30.7 Å². The van der Waals surface area contributed by atoms with Gasteiger partial charge >= 0.3 is 5.97 Å². The smallest absolute Gasteiger partial charge is 0.311 e. The fraction of sp³-hybridized carbons (Fsp3) is 0.235. The molecule has 0 saturated heterocycles. The molecule has 4 heteroatoms. The van der Waals surface area contributed by atoms with Crippen LogP contribution in [0.4, 0.5) is 0 Å². The highest BCUT2D eigenvalue weighted by Crippen LogP contribution is 2.65. The molecule has 2 nitrogen and oxygen atoms in total. The number of carbonyl (C=O) groups is 1. The molecule has 1 saturated carbocycles. The van der Waals surface area contributed by atoms with Gasteiger partial charge in [-0.15, -0.1) is 23.5 Å². The lowest BCUT2D eigenvalue weighted by atomic mass is 10.4. The topological polar surface area (TPSA) is 26.3 Å². The van der Waals surface area contributed by atoms with Crippen LogP contribution in [0.5, 0.6) is 0 Å². The van der Waals surface area contributed by atoms with E-state index in [1.807, 2.05) is 36.4 Å². The molecule has 0 amide bonds. The van der Waals surface area contributed by atoms with Crippen LogP contribution in [0, 0.1) is 5.92 Å². The average molecular weight is 316 g/mol. The van der Waals surface area contributed by atoms with Gasteiger partial charge < -0.3 is 4.74 Å². The number of hydrogen-bond donors (Lipinski definition) is 0. The zero-order valence-corrected chi connectivity index (χ0v) is 13.3. The highest BCUT2D eigenvalue weighted by atomic mass is 32.2. The van der Waals surface area contributed by atoms with Crippen molar-refractivity contribution in [2.24, 2.45) is 5.92 Å². The maximum Gasteiger partial charge on any atom is 0.311 e. The SMILES string of the molecule is COC(=O)[C@@H]1CC1(Sc1ccccc1)Sc1ccccc1. The number of carbonyl (C=O) groups excluding carboxylic acids is 1. The van der Waals surface area contributed by atoms with E-state index in [1.54, 1.807) is 23.5 Å². The molecule has 2 aromatic carbocycles. The summed E-state index contributed by atoms with van der Waals surface area (Å²) in [6, 6.07) is 20.5. The van der Waals surface area contributed by atoms with E-state index in [4.69, 9.17) is 4.74 Å². The third kappa shape index (κ3) is 3.27. The average Bonchev–Trinajstić information content (AvgIpc) is 3.22. The van der Waals surface area contributed by atoms with Crippen molar-refractivity contribution >= 4 is 29.5 Å². The first-order valence-electron chi connectivity index (χ1n) is 6.79. The number of benzene rings is 2. The molecule has 0 spiro atoms. The Balaban J connectivity index is 1.82. The standard InChI is InChI=1S/C17H16O2S2/c1-19-16(18)15-12-17(15,20-13-8-4-2-5-9-13)21-14-10-6-3-7-11-14/h2-11,15H,12H2,1H3/t15-/m0/s1. The van der Waals surface area contributed by atoms with Crippen LogP contribution in [0.25, 0.3) is 0 Å². The number of esters is 1.